The molecule has 0 aliphatic carbocycles. The molecule has 0 bridgehead atoms. The van der Waals surface area contributed by atoms with Crippen molar-refractivity contribution in [3.8, 4) is 5.75 Å². The van der Waals surface area contributed by atoms with Gasteiger partial charge in [0.05, 0.1) is 6.61 Å². The van der Waals surface area contributed by atoms with Crippen molar-refractivity contribution >= 4 is 0 Å². The first-order chi connectivity index (χ1) is 8.72. The maximum Gasteiger partial charge on any atom is 0.119 e. The fourth-order valence-electron chi connectivity index (χ4n) is 1.58. The second kappa shape index (κ2) is 8.95. The molecular formula is C15H25NO2. The molecule has 0 aliphatic heterocycles. The minimum absolute atomic E-state index is 0.556. The van der Waals surface area contributed by atoms with Crippen LogP contribution >= 0.6 is 0 Å². The third-order valence-corrected chi connectivity index (χ3v) is 2.51. The Morgan fingerprint density at radius 2 is 2.11 bits per heavy atom. The van der Waals surface area contributed by atoms with Gasteiger partial charge in [0.15, 0.2) is 0 Å². The molecule has 0 heterocycles. The van der Waals surface area contributed by atoms with Crippen LogP contribution in [0.2, 0.25) is 0 Å². The van der Waals surface area contributed by atoms with Crippen molar-refractivity contribution < 1.29 is 9.47 Å². The Balaban J connectivity index is 2.30. The van der Waals surface area contributed by atoms with Crippen molar-refractivity contribution in [2.45, 2.75) is 26.8 Å². The molecule has 0 saturated heterocycles. The number of hydrogen-bond acceptors (Lipinski definition) is 3. The van der Waals surface area contributed by atoms with Crippen LogP contribution in [0, 0.1) is 5.92 Å². The van der Waals surface area contributed by atoms with Crippen molar-refractivity contribution in [1.82, 2.24) is 5.32 Å². The van der Waals surface area contributed by atoms with E-state index in [-0.39, 0.29) is 0 Å². The molecule has 0 saturated carbocycles. The molecule has 1 aromatic carbocycles. The van der Waals surface area contributed by atoms with Crippen LogP contribution < -0.4 is 10.1 Å². The molecule has 0 spiro atoms. The Morgan fingerprint density at radius 1 is 1.28 bits per heavy atom. The van der Waals surface area contributed by atoms with Crippen LogP contribution in [0.15, 0.2) is 24.3 Å². The first-order valence-corrected chi connectivity index (χ1v) is 6.63. The van der Waals surface area contributed by atoms with E-state index in [1.54, 1.807) is 7.11 Å². The molecule has 0 aromatic heterocycles. The van der Waals surface area contributed by atoms with Gasteiger partial charge in [0.25, 0.3) is 0 Å². The van der Waals surface area contributed by atoms with Crippen LogP contribution in [0.3, 0.4) is 0 Å². The van der Waals surface area contributed by atoms with Crippen LogP contribution in [0.5, 0.6) is 5.75 Å². The van der Waals surface area contributed by atoms with Gasteiger partial charge in [-0.1, -0.05) is 26.0 Å². The van der Waals surface area contributed by atoms with Gasteiger partial charge in [-0.25, -0.2) is 0 Å². The van der Waals surface area contributed by atoms with Gasteiger partial charge in [-0.3, -0.25) is 0 Å². The van der Waals surface area contributed by atoms with E-state index in [0.29, 0.717) is 5.92 Å². The lowest BCUT2D eigenvalue weighted by Gasteiger charge is -2.10. The van der Waals surface area contributed by atoms with Gasteiger partial charge in [0.2, 0.25) is 0 Å². The topological polar surface area (TPSA) is 30.5 Å². The summed E-state index contributed by atoms with van der Waals surface area (Å²) in [5.74, 6) is 1.51. The summed E-state index contributed by atoms with van der Waals surface area (Å²) in [7, 11) is 1.73. The standard InChI is InChI=1S/C15H25NO2/c1-13(2)12-18-15-7-4-6-14(10-15)11-16-8-5-9-17-3/h4,6-7,10,13,16H,5,8-9,11-12H2,1-3H3. The first kappa shape index (κ1) is 15.0. The number of hydrogen-bond donors (Lipinski definition) is 1. The maximum absolute atomic E-state index is 5.71. The second-order valence-corrected chi connectivity index (χ2v) is 4.88. The fraction of sp³-hybridized carbons (Fsp3) is 0.600. The summed E-state index contributed by atoms with van der Waals surface area (Å²) >= 11 is 0. The lowest BCUT2D eigenvalue weighted by atomic mass is 10.2. The zero-order chi connectivity index (χ0) is 13.2. The predicted molar refractivity (Wildman–Crippen MR) is 75.0 cm³/mol. The predicted octanol–water partition coefficient (Wildman–Crippen LogP) is 2.85. The molecule has 18 heavy (non-hydrogen) atoms. The average Bonchev–Trinajstić information content (AvgIpc) is 2.37. The van der Waals surface area contributed by atoms with Crippen molar-refractivity contribution in [2.75, 3.05) is 26.9 Å². The molecule has 0 radical (unpaired) electrons. The van der Waals surface area contributed by atoms with E-state index in [2.05, 4.69) is 31.3 Å². The van der Waals surface area contributed by atoms with E-state index < -0.39 is 0 Å². The van der Waals surface area contributed by atoms with E-state index in [1.807, 2.05) is 12.1 Å². The molecule has 0 fully saturated rings. The Bertz CT molecular complexity index is 326. The third-order valence-electron chi connectivity index (χ3n) is 2.51. The monoisotopic (exact) mass is 251 g/mol. The lowest BCUT2D eigenvalue weighted by Crippen LogP contribution is -2.16. The van der Waals surface area contributed by atoms with Gasteiger partial charge >= 0.3 is 0 Å². The van der Waals surface area contributed by atoms with Gasteiger partial charge in [-0.05, 0) is 36.6 Å². The lowest BCUT2D eigenvalue weighted by molar-refractivity contribution is 0.194. The average molecular weight is 251 g/mol. The normalized spacial score (nSPS) is 10.9. The summed E-state index contributed by atoms with van der Waals surface area (Å²) in [5.41, 5.74) is 1.26. The molecule has 1 aromatic rings. The van der Waals surface area contributed by atoms with E-state index in [0.717, 1.165) is 38.5 Å². The van der Waals surface area contributed by atoms with E-state index in [4.69, 9.17) is 9.47 Å². The summed E-state index contributed by atoms with van der Waals surface area (Å²) in [4.78, 5) is 0. The number of benzene rings is 1. The van der Waals surface area contributed by atoms with Gasteiger partial charge in [-0.2, -0.15) is 0 Å². The van der Waals surface area contributed by atoms with Crippen molar-refractivity contribution in [1.29, 1.82) is 0 Å². The molecule has 1 N–H and O–H groups in total. The molecule has 0 atom stereocenters. The molecule has 1 rings (SSSR count). The van der Waals surface area contributed by atoms with Gasteiger partial charge in [-0.15, -0.1) is 0 Å². The van der Waals surface area contributed by atoms with Crippen molar-refractivity contribution in [3.05, 3.63) is 29.8 Å². The Morgan fingerprint density at radius 3 is 2.83 bits per heavy atom. The number of ether oxygens (including phenoxy) is 2. The molecule has 0 aliphatic rings. The Kier molecular flexibility index (Phi) is 7.46. The summed E-state index contributed by atoms with van der Waals surface area (Å²) in [6, 6.07) is 8.27. The minimum Gasteiger partial charge on any atom is -0.493 e. The summed E-state index contributed by atoms with van der Waals surface area (Å²) in [5, 5.41) is 3.39. The number of rotatable bonds is 9. The van der Waals surface area contributed by atoms with Crippen LogP contribution in [0.4, 0.5) is 0 Å². The quantitative estimate of drug-likeness (QED) is 0.685. The van der Waals surface area contributed by atoms with Crippen LogP contribution in [0.1, 0.15) is 25.8 Å². The van der Waals surface area contributed by atoms with E-state index in [9.17, 15) is 0 Å². The number of nitrogens with one attached hydrogen (secondary N) is 1. The first-order valence-electron chi connectivity index (χ1n) is 6.63. The van der Waals surface area contributed by atoms with Crippen molar-refractivity contribution in [2.24, 2.45) is 5.92 Å². The summed E-state index contributed by atoms with van der Waals surface area (Å²) in [6.45, 7) is 7.74. The second-order valence-electron chi connectivity index (χ2n) is 4.88. The molecule has 102 valence electrons. The third kappa shape index (κ3) is 6.62. The Labute approximate surface area is 110 Å². The Hall–Kier alpha value is -1.06. The minimum atomic E-state index is 0.556. The highest BCUT2D eigenvalue weighted by atomic mass is 16.5. The van der Waals surface area contributed by atoms with Crippen LogP contribution in [-0.2, 0) is 11.3 Å². The smallest absolute Gasteiger partial charge is 0.119 e. The molecule has 3 nitrogen and oxygen atoms in total. The highest BCUT2D eigenvalue weighted by Gasteiger charge is 1.99. The maximum atomic E-state index is 5.71. The van der Waals surface area contributed by atoms with Gasteiger partial charge in [0, 0.05) is 20.3 Å². The zero-order valence-electron chi connectivity index (χ0n) is 11.7. The highest BCUT2D eigenvalue weighted by Crippen LogP contribution is 2.14. The SMILES string of the molecule is COCCCNCc1cccc(OCC(C)C)c1. The van der Waals surface area contributed by atoms with Gasteiger partial charge in [0.1, 0.15) is 5.75 Å². The zero-order valence-corrected chi connectivity index (χ0v) is 11.7. The summed E-state index contributed by atoms with van der Waals surface area (Å²) < 4.78 is 10.7. The molecular weight excluding hydrogens is 226 g/mol. The van der Waals surface area contributed by atoms with E-state index in [1.165, 1.54) is 5.56 Å². The fourth-order valence-corrected chi connectivity index (χ4v) is 1.58. The summed E-state index contributed by atoms with van der Waals surface area (Å²) in [6.07, 6.45) is 1.04. The number of methoxy groups -OCH3 is 1. The van der Waals surface area contributed by atoms with E-state index >= 15 is 0 Å². The van der Waals surface area contributed by atoms with Crippen LogP contribution in [0.25, 0.3) is 0 Å². The molecule has 0 unspecified atom stereocenters. The molecule has 3 heteroatoms. The van der Waals surface area contributed by atoms with Crippen molar-refractivity contribution in [3.63, 3.8) is 0 Å². The van der Waals surface area contributed by atoms with Gasteiger partial charge < -0.3 is 14.8 Å². The molecule has 0 amide bonds. The van der Waals surface area contributed by atoms with Crippen LogP contribution in [-0.4, -0.2) is 26.9 Å². The highest BCUT2D eigenvalue weighted by molar-refractivity contribution is 5.28. The largest absolute Gasteiger partial charge is 0.493 e.